The first-order valence-electron chi connectivity index (χ1n) is 10.4. The smallest absolute Gasteiger partial charge is 0.257 e. The van der Waals surface area contributed by atoms with Crippen molar-refractivity contribution in [2.45, 2.75) is 18.4 Å². The fraction of sp³-hybridized carbons (Fsp3) is 0.217. The van der Waals surface area contributed by atoms with E-state index in [4.69, 9.17) is 26.1 Å². The van der Waals surface area contributed by atoms with E-state index in [1.54, 1.807) is 48.5 Å². The summed E-state index contributed by atoms with van der Waals surface area (Å²) in [6, 6.07) is 16.0. The van der Waals surface area contributed by atoms with Gasteiger partial charge in [0.2, 0.25) is 10.0 Å². The summed E-state index contributed by atoms with van der Waals surface area (Å²) in [6.45, 7) is 3.50. The summed E-state index contributed by atoms with van der Waals surface area (Å²) >= 11 is 5.19. The molecule has 0 fully saturated rings. The summed E-state index contributed by atoms with van der Waals surface area (Å²) in [5.74, 6) is 0.747. The van der Waals surface area contributed by atoms with Gasteiger partial charge in [0.25, 0.3) is 5.91 Å². The molecule has 3 rings (SSSR count). The highest BCUT2D eigenvalue weighted by Gasteiger charge is 2.15. The van der Waals surface area contributed by atoms with Crippen LogP contribution in [0.5, 0.6) is 5.75 Å². The van der Waals surface area contributed by atoms with Gasteiger partial charge in [0.05, 0.1) is 24.3 Å². The van der Waals surface area contributed by atoms with E-state index in [2.05, 4.69) is 15.4 Å². The lowest BCUT2D eigenvalue weighted by Gasteiger charge is -2.11. The predicted octanol–water partition coefficient (Wildman–Crippen LogP) is 3.30. The number of rotatable bonds is 11. The molecule has 3 aromatic rings. The highest BCUT2D eigenvalue weighted by atomic mass is 32.2. The molecular formula is C23H25N3O6S2. The topological polar surface area (TPSA) is 119 Å². The number of hydrogen-bond donors (Lipinski definition) is 3. The van der Waals surface area contributed by atoms with Crippen LogP contribution >= 0.6 is 12.2 Å². The third-order valence-electron chi connectivity index (χ3n) is 4.48. The van der Waals surface area contributed by atoms with Gasteiger partial charge < -0.3 is 19.2 Å². The quantitative estimate of drug-likeness (QED) is 0.269. The molecule has 9 nitrogen and oxygen atoms in total. The van der Waals surface area contributed by atoms with Crippen LogP contribution in [0, 0.1) is 0 Å². The zero-order valence-corrected chi connectivity index (χ0v) is 20.1. The number of carbonyl (C=O) groups is 1. The van der Waals surface area contributed by atoms with Crippen molar-refractivity contribution in [3.05, 3.63) is 78.3 Å². The standard InChI is InChI=1S/C23H25N3O6S2/c1-2-30-14-15-32-19-9-5-17(6-10-19)22(27)26-23(33)25-18-7-11-21(12-8-18)34(28,29)24-16-20-4-3-13-31-20/h3-13,24H,2,14-16H2,1H3,(H2,25,26,27,33). The van der Waals surface area contributed by atoms with Crippen LogP contribution in [0.2, 0.25) is 0 Å². The van der Waals surface area contributed by atoms with Crippen LogP contribution in [0.25, 0.3) is 0 Å². The summed E-state index contributed by atoms with van der Waals surface area (Å²) in [6.07, 6.45) is 1.47. The first-order valence-corrected chi connectivity index (χ1v) is 12.3. The number of carbonyl (C=O) groups excluding carboxylic acids is 1. The van der Waals surface area contributed by atoms with Crippen LogP contribution in [0.1, 0.15) is 23.0 Å². The zero-order chi connectivity index (χ0) is 24.4. The second-order valence-corrected chi connectivity index (χ2v) is 9.08. The summed E-state index contributed by atoms with van der Waals surface area (Å²) in [5.41, 5.74) is 0.929. The van der Waals surface area contributed by atoms with Crippen molar-refractivity contribution in [3.8, 4) is 5.75 Å². The fourth-order valence-electron chi connectivity index (χ4n) is 2.78. The molecule has 1 heterocycles. The summed E-state index contributed by atoms with van der Waals surface area (Å²) in [5, 5.41) is 5.52. The maximum absolute atomic E-state index is 12.4. The van der Waals surface area contributed by atoms with Crippen LogP contribution in [-0.4, -0.2) is 39.3 Å². The number of amides is 1. The van der Waals surface area contributed by atoms with E-state index in [1.807, 2.05) is 6.92 Å². The molecule has 3 N–H and O–H groups in total. The van der Waals surface area contributed by atoms with E-state index in [0.717, 1.165) is 0 Å². The van der Waals surface area contributed by atoms with E-state index < -0.39 is 10.0 Å². The van der Waals surface area contributed by atoms with Crippen LogP contribution in [0.3, 0.4) is 0 Å². The largest absolute Gasteiger partial charge is 0.491 e. The van der Waals surface area contributed by atoms with Crippen molar-refractivity contribution in [1.82, 2.24) is 10.0 Å². The number of thiocarbonyl (C=S) groups is 1. The Morgan fingerprint density at radius 1 is 1.03 bits per heavy atom. The number of sulfonamides is 1. The van der Waals surface area contributed by atoms with Crippen molar-refractivity contribution < 1.29 is 27.1 Å². The number of benzene rings is 2. The molecule has 1 amide bonds. The molecule has 0 saturated carbocycles. The maximum atomic E-state index is 12.4. The van der Waals surface area contributed by atoms with Crippen molar-refractivity contribution in [2.24, 2.45) is 0 Å². The Hall–Kier alpha value is -3.25. The molecule has 11 heteroatoms. The van der Waals surface area contributed by atoms with Crippen molar-refractivity contribution in [2.75, 3.05) is 25.1 Å². The number of nitrogens with one attached hydrogen (secondary N) is 3. The Kier molecular flexibility index (Phi) is 9.16. The Bertz CT molecular complexity index is 1180. The highest BCUT2D eigenvalue weighted by Crippen LogP contribution is 2.15. The third kappa shape index (κ3) is 7.66. The lowest BCUT2D eigenvalue weighted by Crippen LogP contribution is -2.34. The number of anilines is 1. The highest BCUT2D eigenvalue weighted by molar-refractivity contribution is 7.89. The molecule has 0 bridgehead atoms. The molecule has 0 spiro atoms. The van der Waals surface area contributed by atoms with Crippen LogP contribution < -0.4 is 20.1 Å². The van der Waals surface area contributed by atoms with Gasteiger partial charge in [-0.15, -0.1) is 0 Å². The second kappa shape index (κ2) is 12.3. The SMILES string of the molecule is CCOCCOc1ccc(C(=O)NC(=S)Nc2ccc(S(=O)(=O)NCc3ccco3)cc2)cc1. The first-order chi connectivity index (χ1) is 16.4. The molecule has 34 heavy (non-hydrogen) atoms. The average Bonchev–Trinajstić information content (AvgIpc) is 3.35. The van der Waals surface area contributed by atoms with Crippen molar-refractivity contribution in [1.29, 1.82) is 0 Å². The first kappa shape index (κ1) is 25.4. The second-order valence-electron chi connectivity index (χ2n) is 6.91. The minimum absolute atomic E-state index is 0.0474. The molecule has 0 aliphatic heterocycles. The predicted molar refractivity (Wildman–Crippen MR) is 131 cm³/mol. The normalized spacial score (nSPS) is 11.1. The van der Waals surface area contributed by atoms with Crippen LogP contribution in [0.4, 0.5) is 5.69 Å². The van der Waals surface area contributed by atoms with Crippen molar-refractivity contribution >= 4 is 38.9 Å². The molecule has 0 radical (unpaired) electrons. The Balaban J connectivity index is 1.49. The summed E-state index contributed by atoms with van der Waals surface area (Å²) in [7, 11) is -3.71. The van der Waals surface area contributed by atoms with Crippen molar-refractivity contribution in [3.63, 3.8) is 0 Å². The maximum Gasteiger partial charge on any atom is 0.257 e. The fourth-order valence-corrected chi connectivity index (χ4v) is 3.99. The Morgan fingerprint density at radius 3 is 2.41 bits per heavy atom. The molecule has 2 aromatic carbocycles. The zero-order valence-electron chi connectivity index (χ0n) is 18.4. The minimum atomic E-state index is -3.71. The Labute approximate surface area is 203 Å². The van der Waals surface area contributed by atoms with Gasteiger partial charge in [-0.1, -0.05) is 0 Å². The van der Waals surface area contributed by atoms with Gasteiger partial charge >= 0.3 is 0 Å². The Morgan fingerprint density at radius 2 is 1.76 bits per heavy atom. The average molecular weight is 504 g/mol. The molecule has 0 aliphatic carbocycles. The molecular weight excluding hydrogens is 478 g/mol. The molecule has 0 aliphatic rings. The van der Waals surface area contributed by atoms with E-state index >= 15 is 0 Å². The van der Waals surface area contributed by atoms with Gasteiger partial charge in [0.1, 0.15) is 18.1 Å². The van der Waals surface area contributed by atoms with Gasteiger partial charge in [-0.25, -0.2) is 13.1 Å². The molecule has 0 atom stereocenters. The number of hydrogen-bond acceptors (Lipinski definition) is 7. The van der Waals surface area contributed by atoms with Gasteiger partial charge in [-0.05, 0) is 79.8 Å². The molecule has 0 unspecified atom stereocenters. The van der Waals surface area contributed by atoms with Gasteiger partial charge in [0.15, 0.2) is 5.11 Å². The molecule has 0 saturated heterocycles. The molecule has 180 valence electrons. The van der Waals surface area contributed by atoms with E-state index in [1.165, 1.54) is 18.4 Å². The lowest BCUT2D eigenvalue weighted by atomic mass is 10.2. The van der Waals surface area contributed by atoms with Crippen LogP contribution in [-0.2, 0) is 21.3 Å². The monoisotopic (exact) mass is 503 g/mol. The number of furan rings is 1. The van der Waals surface area contributed by atoms with Crippen LogP contribution in [0.15, 0.2) is 76.2 Å². The van der Waals surface area contributed by atoms with Gasteiger partial charge in [0, 0.05) is 17.9 Å². The van der Waals surface area contributed by atoms with Gasteiger partial charge in [-0.3, -0.25) is 10.1 Å². The van der Waals surface area contributed by atoms with Gasteiger partial charge in [-0.2, -0.15) is 0 Å². The third-order valence-corrected chi connectivity index (χ3v) is 6.10. The molecule has 1 aromatic heterocycles. The minimum Gasteiger partial charge on any atom is -0.491 e. The van der Waals surface area contributed by atoms with E-state index in [-0.39, 0.29) is 22.5 Å². The summed E-state index contributed by atoms with van der Waals surface area (Å²) in [4.78, 5) is 12.5. The summed E-state index contributed by atoms with van der Waals surface area (Å²) < 4.78 is 43.1. The lowest BCUT2D eigenvalue weighted by molar-refractivity contribution is 0.0977. The van der Waals surface area contributed by atoms with E-state index in [9.17, 15) is 13.2 Å². The number of ether oxygens (including phenoxy) is 2. The van der Waals surface area contributed by atoms with E-state index in [0.29, 0.717) is 42.6 Å².